The first-order chi connectivity index (χ1) is 6.45. The first-order valence-electron chi connectivity index (χ1n) is 3.56. The van der Waals surface area contributed by atoms with E-state index < -0.39 is 35.0 Å². The maximum atomic E-state index is 13.0. The maximum Gasteiger partial charge on any atom is 0.337 e. The van der Waals surface area contributed by atoms with Gasteiger partial charge in [0.2, 0.25) is 0 Å². The average molecular weight is 202 g/mol. The number of aliphatic hydroxyl groups excluding tert-OH is 1. The van der Waals surface area contributed by atoms with Crippen LogP contribution >= 0.6 is 0 Å². The minimum atomic E-state index is -2.07. The van der Waals surface area contributed by atoms with Crippen molar-refractivity contribution in [3.8, 4) is 11.5 Å². The molecule has 0 aliphatic heterocycles. The molecule has 1 aromatic rings. The molecule has 0 spiro atoms. The third-order valence-electron chi connectivity index (χ3n) is 1.65. The van der Waals surface area contributed by atoms with Crippen LogP contribution in [0.1, 0.15) is 11.7 Å². The zero-order chi connectivity index (χ0) is 10.9. The summed E-state index contributed by atoms with van der Waals surface area (Å²) in [6.45, 7) is 0. The summed E-state index contributed by atoms with van der Waals surface area (Å²) in [7, 11) is 0. The molecule has 6 heteroatoms. The van der Waals surface area contributed by atoms with E-state index in [0.717, 1.165) is 12.1 Å². The summed E-state index contributed by atoms with van der Waals surface area (Å²) in [6.07, 6.45) is -2.07. The quantitative estimate of drug-likeness (QED) is 0.519. The van der Waals surface area contributed by atoms with Gasteiger partial charge in [-0.1, -0.05) is 0 Å². The van der Waals surface area contributed by atoms with Gasteiger partial charge in [-0.25, -0.2) is 9.18 Å². The number of carboxylic acid groups (broad SMARTS) is 1. The van der Waals surface area contributed by atoms with E-state index in [1.54, 1.807) is 0 Å². The highest BCUT2D eigenvalue weighted by Gasteiger charge is 2.23. The summed E-state index contributed by atoms with van der Waals surface area (Å²) < 4.78 is 13.0. The highest BCUT2D eigenvalue weighted by Crippen LogP contribution is 2.32. The van der Waals surface area contributed by atoms with Crippen molar-refractivity contribution in [3.63, 3.8) is 0 Å². The van der Waals surface area contributed by atoms with Crippen LogP contribution in [-0.4, -0.2) is 26.4 Å². The molecule has 0 aliphatic rings. The van der Waals surface area contributed by atoms with Gasteiger partial charge in [0.15, 0.2) is 23.4 Å². The molecule has 76 valence electrons. The van der Waals surface area contributed by atoms with Gasteiger partial charge in [0, 0.05) is 5.56 Å². The minimum Gasteiger partial charge on any atom is -0.504 e. The lowest BCUT2D eigenvalue weighted by molar-refractivity contribution is -0.147. The van der Waals surface area contributed by atoms with Gasteiger partial charge in [0.25, 0.3) is 0 Å². The SMILES string of the molecule is O=C(O)[C@@H](O)c1ccc(O)c(O)c1F. The molecule has 0 saturated carbocycles. The zero-order valence-electron chi connectivity index (χ0n) is 6.81. The van der Waals surface area contributed by atoms with E-state index in [2.05, 4.69) is 0 Å². The molecular formula is C8H7FO5. The maximum absolute atomic E-state index is 13.0. The van der Waals surface area contributed by atoms with Gasteiger partial charge in [-0.05, 0) is 12.1 Å². The summed E-state index contributed by atoms with van der Waals surface area (Å²) in [6, 6.07) is 1.77. The molecule has 0 radical (unpaired) electrons. The Labute approximate surface area is 77.7 Å². The first kappa shape index (κ1) is 10.3. The van der Waals surface area contributed by atoms with E-state index in [9.17, 15) is 9.18 Å². The fourth-order valence-corrected chi connectivity index (χ4v) is 0.914. The third-order valence-corrected chi connectivity index (χ3v) is 1.65. The molecule has 5 nitrogen and oxygen atoms in total. The normalized spacial score (nSPS) is 12.4. The number of aliphatic carboxylic acids is 1. The van der Waals surface area contributed by atoms with Crippen molar-refractivity contribution in [2.75, 3.05) is 0 Å². The lowest BCUT2D eigenvalue weighted by Gasteiger charge is -2.08. The first-order valence-corrected chi connectivity index (χ1v) is 3.56. The number of carboxylic acids is 1. The molecule has 4 N–H and O–H groups in total. The van der Waals surface area contributed by atoms with Crippen LogP contribution in [0.25, 0.3) is 0 Å². The van der Waals surface area contributed by atoms with E-state index in [4.69, 9.17) is 20.4 Å². The molecule has 0 heterocycles. The second-order valence-corrected chi connectivity index (χ2v) is 2.58. The van der Waals surface area contributed by atoms with Gasteiger partial charge < -0.3 is 20.4 Å². The van der Waals surface area contributed by atoms with Crippen LogP contribution < -0.4 is 0 Å². The van der Waals surface area contributed by atoms with Crippen molar-refractivity contribution in [2.45, 2.75) is 6.10 Å². The molecule has 1 atom stereocenters. The fourth-order valence-electron chi connectivity index (χ4n) is 0.914. The summed E-state index contributed by atoms with van der Waals surface area (Å²) in [5.41, 5.74) is -0.604. The Balaban J connectivity index is 3.24. The number of carbonyl (C=O) groups is 1. The molecule has 0 unspecified atom stereocenters. The van der Waals surface area contributed by atoms with Crippen molar-refractivity contribution < 1.29 is 29.6 Å². The number of halogens is 1. The zero-order valence-corrected chi connectivity index (χ0v) is 6.81. The summed E-state index contributed by atoms with van der Waals surface area (Å²) in [5, 5.41) is 35.0. The summed E-state index contributed by atoms with van der Waals surface area (Å²) >= 11 is 0. The average Bonchev–Trinajstić information content (AvgIpc) is 2.13. The van der Waals surface area contributed by atoms with E-state index >= 15 is 0 Å². The van der Waals surface area contributed by atoms with Crippen molar-refractivity contribution in [2.24, 2.45) is 0 Å². The fraction of sp³-hybridized carbons (Fsp3) is 0.125. The van der Waals surface area contributed by atoms with Crippen molar-refractivity contribution in [1.29, 1.82) is 0 Å². The Morgan fingerprint density at radius 1 is 1.36 bits per heavy atom. The topological polar surface area (TPSA) is 98.0 Å². The van der Waals surface area contributed by atoms with E-state index in [-0.39, 0.29) is 0 Å². The Morgan fingerprint density at radius 3 is 2.43 bits per heavy atom. The standard InChI is InChI=1S/C8H7FO5/c9-5-3(6(11)8(13)14)1-2-4(10)7(5)12/h1-2,6,10-12H,(H,13,14)/t6-/m0/s1. The molecule has 0 bridgehead atoms. The van der Waals surface area contributed by atoms with Crippen LogP contribution in [-0.2, 0) is 4.79 Å². The van der Waals surface area contributed by atoms with Crippen molar-refractivity contribution in [3.05, 3.63) is 23.5 Å². The second-order valence-electron chi connectivity index (χ2n) is 2.58. The second kappa shape index (κ2) is 3.51. The molecule has 0 aromatic heterocycles. The highest BCUT2D eigenvalue weighted by atomic mass is 19.1. The van der Waals surface area contributed by atoms with Crippen molar-refractivity contribution >= 4 is 5.97 Å². The number of aliphatic hydroxyl groups is 1. The number of phenolic OH excluding ortho intramolecular Hbond substituents is 2. The third kappa shape index (κ3) is 1.60. The number of rotatable bonds is 2. The number of hydrogen-bond donors (Lipinski definition) is 4. The molecule has 1 rings (SSSR count). The van der Waals surface area contributed by atoms with Gasteiger partial charge in [-0.15, -0.1) is 0 Å². The van der Waals surface area contributed by atoms with Crippen LogP contribution in [0.4, 0.5) is 4.39 Å². The summed E-state index contributed by atoms with van der Waals surface area (Å²) in [4.78, 5) is 10.3. The smallest absolute Gasteiger partial charge is 0.337 e. The summed E-state index contributed by atoms with van der Waals surface area (Å²) in [5.74, 6) is -4.79. The lowest BCUT2D eigenvalue weighted by Crippen LogP contribution is -2.12. The minimum absolute atomic E-state index is 0.604. The number of hydrogen-bond acceptors (Lipinski definition) is 4. The van der Waals surface area contributed by atoms with Crippen molar-refractivity contribution in [1.82, 2.24) is 0 Å². The van der Waals surface area contributed by atoms with Gasteiger partial charge in [-0.2, -0.15) is 0 Å². The Hall–Kier alpha value is -1.82. The van der Waals surface area contributed by atoms with Gasteiger partial charge in [0.1, 0.15) is 0 Å². The molecule has 14 heavy (non-hydrogen) atoms. The largest absolute Gasteiger partial charge is 0.504 e. The van der Waals surface area contributed by atoms with Crippen LogP contribution in [0.3, 0.4) is 0 Å². The van der Waals surface area contributed by atoms with E-state index in [1.165, 1.54) is 0 Å². The van der Waals surface area contributed by atoms with Crippen LogP contribution in [0, 0.1) is 5.82 Å². The monoisotopic (exact) mass is 202 g/mol. The van der Waals surface area contributed by atoms with Gasteiger partial charge >= 0.3 is 5.97 Å². The molecule has 1 aromatic carbocycles. The lowest BCUT2D eigenvalue weighted by atomic mass is 10.1. The van der Waals surface area contributed by atoms with Crippen LogP contribution in [0.2, 0.25) is 0 Å². The van der Waals surface area contributed by atoms with Gasteiger partial charge in [-0.3, -0.25) is 0 Å². The molecule has 0 fully saturated rings. The number of aromatic hydroxyl groups is 2. The van der Waals surface area contributed by atoms with E-state index in [1.807, 2.05) is 0 Å². The predicted octanol–water partition coefficient (Wildman–Crippen LogP) is 0.355. The number of benzene rings is 1. The Morgan fingerprint density at radius 2 is 1.93 bits per heavy atom. The Bertz CT molecular complexity index is 376. The van der Waals surface area contributed by atoms with E-state index in [0.29, 0.717) is 0 Å². The molecule has 0 saturated heterocycles. The Kier molecular flexibility index (Phi) is 2.57. The molecular weight excluding hydrogens is 195 g/mol. The number of phenols is 2. The van der Waals surface area contributed by atoms with Gasteiger partial charge in [0.05, 0.1) is 0 Å². The predicted molar refractivity (Wildman–Crippen MR) is 42.3 cm³/mol. The highest BCUT2D eigenvalue weighted by molar-refractivity contribution is 5.74. The molecule has 0 amide bonds. The molecule has 0 aliphatic carbocycles. The van der Waals surface area contributed by atoms with Crippen LogP contribution in [0.15, 0.2) is 12.1 Å². The van der Waals surface area contributed by atoms with Crippen LogP contribution in [0.5, 0.6) is 11.5 Å².